The van der Waals surface area contributed by atoms with Crippen molar-refractivity contribution in [2.45, 2.75) is 46.4 Å². The van der Waals surface area contributed by atoms with Gasteiger partial charge in [-0.2, -0.15) is 0 Å². The van der Waals surface area contributed by atoms with Crippen LogP contribution >= 0.6 is 0 Å². The van der Waals surface area contributed by atoms with Crippen LogP contribution in [0.15, 0.2) is 63.6 Å². The van der Waals surface area contributed by atoms with Gasteiger partial charge < -0.3 is 9.84 Å². The van der Waals surface area contributed by atoms with Crippen LogP contribution < -0.4 is 21.7 Å². The molecule has 2 aromatic carbocycles. The largest absolute Gasteiger partial charge is 0.490 e. The first-order chi connectivity index (χ1) is 16.2. The van der Waals surface area contributed by atoms with E-state index in [1.54, 1.807) is 24.3 Å². The maximum atomic E-state index is 13.2. The van der Waals surface area contributed by atoms with Crippen LogP contribution in [0.5, 0.6) is 5.75 Å². The molecule has 9 nitrogen and oxygen atoms in total. The van der Waals surface area contributed by atoms with Crippen molar-refractivity contribution >= 4 is 17.7 Å². The van der Waals surface area contributed by atoms with Gasteiger partial charge in [0.2, 0.25) is 5.62 Å². The second-order valence-corrected chi connectivity index (χ2v) is 8.11. The van der Waals surface area contributed by atoms with Gasteiger partial charge in [0, 0.05) is 12.1 Å². The molecule has 0 amide bonds. The molecule has 0 radical (unpaired) electrons. The van der Waals surface area contributed by atoms with E-state index in [1.165, 1.54) is 4.57 Å². The lowest BCUT2D eigenvalue weighted by Crippen LogP contribution is -2.50. The van der Waals surface area contributed by atoms with Crippen molar-refractivity contribution < 1.29 is 14.6 Å². The summed E-state index contributed by atoms with van der Waals surface area (Å²) in [5, 5.41) is 8.99. The van der Waals surface area contributed by atoms with E-state index in [4.69, 9.17) is 9.84 Å². The summed E-state index contributed by atoms with van der Waals surface area (Å²) in [5.74, 6) is -0.458. The number of ether oxygens (including phenoxy) is 1. The van der Waals surface area contributed by atoms with E-state index in [0.717, 1.165) is 21.3 Å². The third-order valence-electron chi connectivity index (χ3n) is 5.00. The minimum atomic E-state index is -1.11. The van der Waals surface area contributed by atoms with Gasteiger partial charge in [-0.15, -0.1) is 0 Å². The van der Waals surface area contributed by atoms with Crippen LogP contribution in [0.2, 0.25) is 0 Å². The Balaban J connectivity index is 2.17. The number of benzene rings is 2. The molecule has 0 saturated carbocycles. The Bertz CT molecular complexity index is 1380. The Morgan fingerprint density at radius 1 is 1.18 bits per heavy atom. The van der Waals surface area contributed by atoms with Gasteiger partial charge in [-0.25, -0.2) is 19.1 Å². The fourth-order valence-corrected chi connectivity index (χ4v) is 3.31. The first-order valence-corrected chi connectivity index (χ1v) is 10.9. The highest BCUT2D eigenvalue weighted by Crippen LogP contribution is 2.26. The topological polar surface area (TPSA) is 119 Å². The Morgan fingerprint density at radius 3 is 2.50 bits per heavy atom. The molecule has 0 aliphatic carbocycles. The zero-order valence-electron chi connectivity index (χ0n) is 19.4. The smallest absolute Gasteiger partial charge is 0.335 e. The van der Waals surface area contributed by atoms with Crippen molar-refractivity contribution in [2.75, 3.05) is 0 Å². The number of hydrogen-bond acceptors (Lipinski definition) is 5. The average Bonchev–Trinajstić information content (AvgIpc) is 2.78. The van der Waals surface area contributed by atoms with Crippen LogP contribution in [0.3, 0.4) is 0 Å². The van der Waals surface area contributed by atoms with Gasteiger partial charge in [0.1, 0.15) is 5.75 Å². The molecule has 3 aromatic rings. The van der Waals surface area contributed by atoms with Gasteiger partial charge in [0.05, 0.1) is 24.8 Å². The fourth-order valence-electron chi connectivity index (χ4n) is 3.31. The predicted octanol–water partition coefficient (Wildman–Crippen LogP) is 2.83. The summed E-state index contributed by atoms with van der Waals surface area (Å²) in [5.41, 5.74) is 1.78. The number of H-pyrrole nitrogens is 1. The Kier molecular flexibility index (Phi) is 7.68. The lowest BCUT2D eigenvalue weighted by Gasteiger charge is -2.13. The molecule has 0 spiro atoms. The van der Waals surface area contributed by atoms with Crippen LogP contribution in [-0.2, 0) is 17.9 Å². The monoisotopic (exact) mass is 464 g/mol. The number of carboxylic acid groups (broad SMARTS) is 1. The number of nitrogens with zero attached hydrogens (tertiary/aromatic N) is 3. The molecule has 0 aliphatic heterocycles. The van der Waals surface area contributed by atoms with Crippen LogP contribution in [0, 0.1) is 6.92 Å². The first-order valence-electron chi connectivity index (χ1n) is 10.9. The van der Waals surface area contributed by atoms with E-state index in [-0.39, 0.29) is 31.2 Å². The standard InChI is InChI=1S/C25H28N4O5/c1-5-19-14-20(10-11-21(19)34-16(2)3)26-23-27-24(32)28(13-12-22(30)31)25(33)29(23)15-18-8-6-17(4)7-9-18/h5-11,14,16H,1,12-13,15H2,2-4H3,(H,30,31)(H,26,27,32). The molecule has 1 heterocycles. The number of aromatic nitrogens is 3. The summed E-state index contributed by atoms with van der Waals surface area (Å²) in [6.45, 7) is 9.51. The number of carboxylic acids is 1. The van der Waals surface area contributed by atoms with Crippen LogP contribution in [0.4, 0.5) is 5.69 Å². The molecular weight excluding hydrogens is 436 g/mol. The molecule has 178 valence electrons. The van der Waals surface area contributed by atoms with Gasteiger partial charge >= 0.3 is 17.3 Å². The number of rotatable bonds is 9. The molecule has 34 heavy (non-hydrogen) atoms. The summed E-state index contributed by atoms with van der Waals surface area (Å²) in [6, 6.07) is 12.8. The van der Waals surface area contributed by atoms with Crippen molar-refractivity contribution in [3.63, 3.8) is 0 Å². The molecular formula is C25H28N4O5. The number of aliphatic carboxylic acids is 1. The van der Waals surface area contributed by atoms with Crippen molar-refractivity contribution in [3.8, 4) is 5.75 Å². The highest BCUT2D eigenvalue weighted by atomic mass is 16.5. The number of hydrogen-bond donors (Lipinski definition) is 2. The highest BCUT2D eigenvalue weighted by molar-refractivity contribution is 5.66. The van der Waals surface area contributed by atoms with E-state index in [9.17, 15) is 14.4 Å². The molecule has 0 fully saturated rings. The van der Waals surface area contributed by atoms with E-state index in [0.29, 0.717) is 11.4 Å². The SMILES string of the molecule is C=Cc1cc(/N=c2\[nH]c(=O)n(CCC(=O)O)c(=O)n2Cc2ccc(C)cc2)ccc1OC(C)C. The van der Waals surface area contributed by atoms with Gasteiger partial charge in [0.25, 0.3) is 0 Å². The van der Waals surface area contributed by atoms with E-state index in [1.807, 2.05) is 45.0 Å². The summed E-state index contributed by atoms with van der Waals surface area (Å²) in [4.78, 5) is 44.0. The number of carbonyl (C=O) groups is 1. The van der Waals surface area contributed by atoms with E-state index in [2.05, 4.69) is 16.6 Å². The van der Waals surface area contributed by atoms with Crippen molar-refractivity contribution in [1.29, 1.82) is 0 Å². The third-order valence-corrected chi connectivity index (χ3v) is 5.00. The summed E-state index contributed by atoms with van der Waals surface area (Å²) < 4.78 is 7.97. The lowest BCUT2D eigenvalue weighted by molar-refractivity contribution is -0.137. The van der Waals surface area contributed by atoms with Crippen molar-refractivity contribution in [1.82, 2.24) is 14.1 Å². The average molecular weight is 465 g/mol. The predicted molar refractivity (Wildman–Crippen MR) is 129 cm³/mol. The zero-order chi connectivity index (χ0) is 24.8. The highest BCUT2D eigenvalue weighted by Gasteiger charge is 2.12. The zero-order valence-corrected chi connectivity index (χ0v) is 19.4. The van der Waals surface area contributed by atoms with Gasteiger partial charge in [0.15, 0.2) is 0 Å². The lowest BCUT2D eigenvalue weighted by atomic mass is 10.1. The Labute approximate surface area is 196 Å². The molecule has 0 aliphatic rings. The summed E-state index contributed by atoms with van der Waals surface area (Å²) in [7, 11) is 0. The van der Waals surface area contributed by atoms with Crippen LogP contribution in [-0.4, -0.2) is 31.3 Å². The quantitative estimate of drug-likeness (QED) is 0.505. The molecule has 0 atom stereocenters. The third kappa shape index (κ3) is 6.00. The minimum Gasteiger partial charge on any atom is -0.490 e. The summed E-state index contributed by atoms with van der Waals surface area (Å²) >= 11 is 0. The first kappa shape index (κ1) is 24.5. The second-order valence-electron chi connectivity index (χ2n) is 8.11. The molecule has 1 aromatic heterocycles. The minimum absolute atomic E-state index is 0.0205. The molecule has 0 bridgehead atoms. The Hall–Kier alpha value is -4.14. The molecule has 0 unspecified atom stereocenters. The number of aryl methyl sites for hydroxylation is 1. The fraction of sp³-hybridized carbons (Fsp3) is 0.280. The molecule has 0 saturated heterocycles. The van der Waals surface area contributed by atoms with Crippen LogP contribution in [0.1, 0.15) is 37.0 Å². The molecule has 2 N–H and O–H groups in total. The van der Waals surface area contributed by atoms with Gasteiger partial charge in [-0.3, -0.25) is 14.3 Å². The summed E-state index contributed by atoms with van der Waals surface area (Å²) in [6.07, 6.45) is 1.26. The van der Waals surface area contributed by atoms with E-state index >= 15 is 0 Å². The second kappa shape index (κ2) is 10.7. The van der Waals surface area contributed by atoms with Crippen molar-refractivity contribution in [3.05, 3.63) is 92.3 Å². The normalized spacial score (nSPS) is 11.6. The van der Waals surface area contributed by atoms with E-state index < -0.39 is 17.3 Å². The van der Waals surface area contributed by atoms with Crippen molar-refractivity contribution in [2.24, 2.45) is 4.99 Å². The number of aromatic amines is 1. The molecule has 3 rings (SSSR count). The maximum absolute atomic E-state index is 13.2. The van der Waals surface area contributed by atoms with Crippen LogP contribution in [0.25, 0.3) is 6.08 Å². The maximum Gasteiger partial charge on any atom is 0.335 e. The van der Waals surface area contributed by atoms with Gasteiger partial charge in [-0.1, -0.05) is 42.5 Å². The Morgan fingerprint density at radius 2 is 1.88 bits per heavy atom. The number of nitrogens with one attached hydrogen (secondary N) is 1. The van der Waals surface area contributed by atoms with Gasteiger partial charge in [-0.05, 0) is 44.5 Å². The molecule has 9 heteroatoms.